The molecule has 0 aromatic heterocycles. The highest BCUT2D eigenvalue weighted by molar-refractivity contribution is 5.82. The van der Waals surface area contributed by atoms with Crippen LogP contribution in [0.1, 0.15) is 6.92 Å². The molecule has 0 radical (unpaired) electrons. The highest BCUT2D eigenvalue weighted by Gasteiger charge is 2.25. The van der Waals surface area contributed by atoms with Crippen LogP contribution in [0.3, 0.4) is 0 Å². The molecule has 2 amide bonds. The molecule has 16 heavy (non-hydrogen) atoms. The number of nitrogens with zero attached hydrogens (tertiary/aromatic N) is 1. The number of hydrogen-bond acceptors (Lipinski definition) is 4. The highest BCUT2D eigenvalue weighted by atomic mass is 16.4. The molecule has 4 N–H and O–H groups in total. The molecule has 0 aromatic carbocycles. The molecule has 0 saturated heterocycles. The molecular formula is C9H19N3O4. The van der Waals surface area contributed by atoms with E-state index in [0.29, 0.717) is 13.1 Å². The summed E-state index contributed by atoms with van der Waals surface area (Å²) in [6, 6.07) is -1.81. The Balaban J connectivity index is 4.24. The Hall–Kier alpha value is -1.34. The zero-order valence-electron chi connectivity index (χ0n) is 9.73. The van der Waals surface area contributed by atoms with E-state index >= 15 is 0 Å². The van der Waals surface area contributed by atoms with Gasteiger partial charge in [-0.3, -0.25) is 0 Å². The molecule has 0 spiro atoms. The Morgan fingerprint density at radius 1 is 1.44 bits per heavy atom. The summed E-state index contributed by atoms with van der Waals surface area (Å²) >= 11 is 0. The van der Waals surface area contributed by atoms with Gasteiger partial charge in [0, 0.05) is 20.1 Å². The van der Waals surface area contributed by atoms with E-state index in [1.165, 1.54) is 11.8 Å². The number of rotatable bonds is 6. The number of carbonyl (C=O) groups is 2. The second-order valence-corrected chi connectivity index (χ2v) is 3.53. The minimum atomic E-state index is -1.29. The fourth-order valence-electron chi connectivity index (χ4n) is 1.01. The van der Waals surface area contributed by atoms with Gasteiger partial charge in [0.05, 0.1) is 6.10 Å². The summed E-state index contributed by atoms with van der Waals surface area (Å²) in [5, 5.41) is 23.0. The first-order valence-corrected chi connectivity index (χ1v) is 4.97. The molecule has 7 nitrogen and oxygen atoms in total. The van der Waals surface area contributed by atoms with Crippen LogP contribution in [-0.2, 0) is 4.79 Å². The lowest BCUT2D eigenvalue weighted by molar-refractivity contribution is -0.141. The van der Waals surface area contributed by atoms with E-state index in [-0.39, 0.29) is 0 Å². The molecular weight excluding hydrogens is 214 g/mol. The molecule has 0 aliphatic rings. The van der Waals surface area contributed by atoms with E-state index in [0.717, 1.165) is 0 Å². The van der Waals surface area contributed by atoms with E-state index in [1.54, 1.807) is 14.1 Å². The lowest BCUT2D eigenvalue weighted by Gasteiger charge is -2.22. The number of urea groups is 1. The number of hydrogen-bond donors (Lipinski definition) is 4. The number of carboxylic acid groups (broad SMARTS) is 1. The summed E-state index contributed by atoms with van der Waals surface area (Å²) in [7, 11) is 3.30. The van der Waals surface area contributed by atoms with Crippen LogP contribution in [0.5, 0.6) is 0 Å². The van der Waals surface area contributed by atoms with Crippen LogP contribution in [0, 0.1) is 0 Å². The Kier molecular flexibility index (Phi) is 6.43. The van der Waals surface area contributed by atoms with Gasteiger partial charge in [-0.2, -0.15) is 0 Å². The van der Waals surface area contributed by atoms with Crippen molar-refractivity contribution in [2.75, 3.05) is 27.2 Å². The Morgan fingerprint density at radius 2 is 2.00 bits per heavy atom. The summed E-state index contributed by atoms with van der Waals surface area (Å²) in [5.41, 5.74) is 0. The minimum Gasteiger partial charge on any atom is -0.480 e. The van der Waals surface area contributed by atoms with E-state index in [1.807, 2.05) is 0 Å². The molecule has 0 aromatic rings. The van der Waals surface area contributed by atoms with Crippen molar-refractivity contribution in [2.24, 2.45) is 0 Å². The molecule has 0 aliphatic heterocycles. The average Bonchev–Trinajstić information content (AvgIpc) is 2.20. The first kappa shape index (κ1) is 14.7. The molecule has 0 saturated carbocycles. The summed E-state index contributed by atoms with van der Waals surface area (Å²) in [4.78, 5) is 23.5. The predicted molar refractivity (Wildman–Crippen MR) is 58.2 cm³/mol. The number of aliphatic hydroxyl groups excluding tert-OH is 1. The molecule has 0 fully saturated rings. The fourth-order valence-corrected chi connectivity index (χ4v) is 1.01. The molecule has 0 heterocycles. The molecule has 0 aliphatic carbocycles. The molecule has 0 bridgehead atoms. The zero-order valence-corrected chi connectivity index (χ0v) is 9.73. The van der Waals surface area contributed by atoms with Gasteiger partial charge in [-0.05, 0) is 14.0 Å². The van der Waals surface area contributed by atoms with Crippen molar-refractivity contribution in [1.82, 2.24) is 15.5 Å². The van der Waals surface area contributed by atoms with Crippen molar-refractivity contribution in [3.05, 3.63) is 0 Å². The second-order valence-electron chi connectivity index (χ2n) is 3.53. The van der Waals surface area contributed by atoms with Crippen molar-refractivity contribution >= 4 is 12.0 Å². The Labute approximate surface area is 94.4 Å². The Bertz CT molecular complexity index is 245. The number of carbonyl (C=O) groups excluding carboxylic acids is 1. The Morgan fingerprint density at radius 3 is 2.38 bits per heavy atom. The van der Waals surface area contributed by atoms with Gasteiger partial charge in [-0.1, -0.05) is 0 Å². The quantitative estimate of drug-likeness (QED) is 0.456. The molecule has 2 atom stereocenters. The number of aliphatic hydroxyl groups is 1. The molecule has 7 heteroatoms. The third-order valence-electron chi connectivity index (χ3n) is 2.07. The van der Waals surface area contributed by atoms with Crippen LogP contribution in [0.4, 0.5) is 4.79 Å². The van der Waals surface area contributed by atoms with E-state index in [4.69, 9.17) is 10.2 Å². The molecule has 0 rings (SSSR count). The van der Waals surface area contributed by atoms with Crippen molar-refractivity contribution in [3.63, 3.8) is 0 Å². The lowest BCUT2D eigenvalue weighted by atomic mass is 10.2. The van der Waals surface area contributed by atoms with Crippen LogP contribution in [-0.4, -0.2) is 66.4 Å². The first-order valence-electron chi connectivity index (χ1n) is 4.97. The van der Waals surface area contributed by atoms with Crippen LogP contribution in [0.25, 0.3) is 0 Å². The monoisotopic (exact) mass is 233 g/mol. The number of likely N-dealkylation sites (N-methyl/N-ethyl adjacent to an activating group) is 2. The fraction of sp³-hybridized carbons (Fsp3) is 0.778. The summed E-state index contributed by atoms with van der Waals surface area (Å²) in [6.07, 6.45) is -1.14. The topological polar surface area (TPSA) is 102 Å². The van der Waals surface area contributed by atoms with Crippen molar-refractivity contribution in [2.45, 2.75) is 19.1 Å². The van der Waals surface area contributed by atoms with Gasteiger partial charge in [0.1, 0.15) is 0 Å². The van der Waals surface area contributed by atoms with Crippen LogP contribution < -0.4 is 10.6 Å². The SMILES string of the molecule is CNCCN(C)C(=O)N[C@H](C(=O)O)[C@@H](C)O. The highest BCUT2D eigenvalue weighted by Crippen LogP contribution is 1.95. The van der Waals surface area contributed by atoms with Gasteiger partial charge in [0.25, 0.3) is 0 Å². The maximum absolute atomic E-state index is 11.5. The predicted octanol–water partition coefficient (Wildman–Crippen LogP) is -1.32. The second kappa shape index (κ2) is 7.02. The van der Waals surface area contributed by atoms with Gasteiger partial charge < -0.3 is 25.7 Å². The summed E-state index contributed by atoms with van der Waals surface area (Å²) in [6.45, 7) is 2.37. The maximum atomic E-state index is 11.5. The van der Waals surface area contributed by atoms with Gasteiger partial charge in [0.15, 0.2) is 6.04 Å². The maximum Gasteiger partial charge on any atom is 0.328 e. The van der Waals surface area contributed by atoms with Gasteiger partial charge in [-0.15, -0.1) is 0 Å². The molecule has 94 valence electrons. The first-order chi connectivity index (χ1) is 7.40. The average molecular weight is 233 g/mol. The summed E-state index contributed by atoms with van der Waals surface area (Å²) in [5.74, 6) is -1.26. The number of amides is 2. The van der Waals surface area contributed by atoms with Gasteiger partial charge in [-0.25, -0.2) is 9.59 Å². The number of aliphatic carboxylic acids is 1. The minimum absolute atomic E-state index is 0.453. The standard InChI is InChI=1S/C9H19N3O4/c1-6(13)7(8(14)15)11-9(16)12(3)5-4-10-2/h6-7,10,13H,4-5H2,1-3H3,(H,11,16)(H,14,15)/t6-,7+/m1/s1. The third-order valence-corrected chi connectivity index (χ3v) is 2.07. The van der Waals surface area contributed by atoms with E-state index < -0.39 is 24.1 Å². The van der Waals surface area contributed by atoms with Gasteiger partial charge >= 0.3 is 12.0 Å². The van der Waals surface area contributed by atoms with Crippen molar-refractivity contribution < 1.29 is 19.8 Å². The third kappa shape index (κ3) is 4.94. The smallest absolute Gasteiger partial charge is 0.328 e. The van der Waals surface area contributed by atoms with Crippen LogP contribution in [0.15, 0.2) is 0 Å². The van der Waals surface area contributed by atoms with Gasteiger partial charge in [0.2, 0.25) is 0 Å². The van der Waals surface area contributed by atoms with E-state index in [2.05, 4.69) is 10.6 Å². The van der Waals surface area contributed by atoms with Crippen LogP contribution >= 0.6 is 0 Å². The zero-order chi connectivity index (χ0) is 12.7. The largest absolute Gasteiger partial charge is 0.480 e. The van der Waals surface area contributed by atoms with Crippen LogP contribution in [0.2, 0.25) is 0 Å². The summed E-state index contributed by atoms with van der Waals surface area (Å²) < 4.78 is 0. The molecule has 0 unspecified atom stereocenters. The normalized spacial score (nSPS) is 14.0. The van der Waals surface area contributed by atoms with Crippen molar-refractivity contribution in [3.8, 4) is 0 Å². The van der Waals surface area contributed by atoms with Crippen molar-refractivity contribution in [1.29, 1.82) is 0 Å². The van der Waals surface area contributed by atoms with E-state index in [9.17, 15) is 9.59 Å². The number of carboxylic acids is 1. The lowest BCUT2D eigenvalue weighted by Crippen LogP contribution is -2.52. The number of nitrogens with one attached hydrogen (secondary N) is 2.